The first-order chi connectivity index (χ1) is 5.38. The highest BCUT2D eigenvalue weighted by Gasteiger charge is 2.31. The average molecular weight is 156 g/mol. The highest BCUT2D eigenvalue weighted by Crippen LogP contribution is 2.13. The summed E-state index contributed by atoms with van der Waals surface area (Å²) < 4.78 is 4.84. The number of nitrogens with one attached hydrogen (secondary N) is 1. The van der Waals surface area contributed by atoms with Crippen molar-refractivity contribution < 1.29 is 9.53 Å². The summed E-state index contributed by atoms with van der Waals surface area (Å²) in [5, 5.41) is 3.22. The van der Waals surface area contributed by atoms with Gasteiger partial charge in [-0.2, -0.15) is 0 Å². The first-order valence-electron chi connectivity index (χ1n) is 4.02. The van der Waals surface area contributed by atoms with Gasteiger partial charge in [0, 0.05) is 12.6 Å². The fourth-order valence-corrected chi connectivity index (χ4v) is 1.64. The van der Waals surface area contributed by atoms with Crippen molar-refractivity contribution in [3.63, 3.8) is 0 Å². The molecule has 4 heteroatoms. The van der Waals surface area contributed by atoms with E-state index in [0.717, 1.165) is 26.1 Å². The zero-order valence-corrected chi connectivity index (χ0v) is 6.38. The van der Waals surface area contributed by atoms with Crippen LogP contribution in [-0.2, 0) is 4.74 Å². The van der Waals surface area contributed by atoms with E-state index in [4.69, 9.17) is 4.74 Å². The minimum absolute atomic E-state index is 0.140. The summed E-state index contributed by atoms with van der Waals surface area (Å²) in [6.07, 6.45) is 0.924. The Labute approximate surface area is 65.5 Å². The molecule has 0 aromatic carbocycles. The van der Waals surface area contributed by atoms with Gasteiger partial charge in [0.25, 0.3) is 0 Å². The average Bonchev–Trinajstić information content (AvgIpc) is 2.55. The Hall–Kier alpha value is -0.770. The minimum Gasteiger partial charge on any atom is -0.448 e. The number of amides is 1. The highest BCUT2D eigenvalue weighted by atomic mass is 16.6. The standard InChI is InChI=1S/C7H12N2O2/c10-7-9(3-4-11-7)6-1-2-8-5-6/h6,8H,1-5H2/t6-/m0/s1. The molecular formula is C7H12N2O2. The van der Waals surface area contributed by atoms with Crippen molar-refractivity contribution in [2.45, 2.75) is 12.5 Å². The molecule has 0 radical (unpaired) electrons. The van der Waals surface area contributed by atoms with Crippen LogP contribution in [0.25, 0.3) is 0 Å². The maximum Gasteiger partial charge on any atom is 0.410 e. The third-order valence-corrected chi connectivity index (χ3v) is 2.27. The van der Waals surface area contributed by atoms with E-state index >= 15 is 0 Å². The zero-order valence-electron chi connectivity index (χ0n) is 6.38. The topological polar surface area (TPSA) is 41.6 Å². The fourth-order valence-electron chi connectivity index (χ4n) is 1.64. The molecule has 2 aliphatic rings. The van der Waals surface area contributed by atoms with Gasteiger partial charge < -0.3 is 15.0 Å². The number of nitrogens with zero attached hydrogens (tertiary/aromatic N) is 1. The lowest BCUT2D eigenvalue weighted by Crippen LogP contribution is -2.37. The van der Waals surface area contributed by atoms with Crippen molar-refractivity contribution in [3.05, 3.63) is 0 Å². The molecule has 2 saturated heterocycles. The van der Waals surface area contributed by atoms with E-state index in [0.29, 0.717) is 12.6 Å². The van der Waals surface area contributed by atoms with E-state index in [1.807, 2.05) is 4.90 Å². The first-order valence-corrected chi connectivity index (χ1v) is 4.02. The lowest BCUT2D eigenvalue weighted by atomic mass is 10.2. The molecule has 2 aliphatic heterocycles. The Morgan fingerprint density at radius 2 is 2.55 bits per heavy atom. The van der Waals surface area contributed by atoms with Crippen LogP contribution in [0, 0.1) is 0 Å². The second-order valence-electron chi connectivity index (χ2n) is 2.95. The van der Waals surface area contributed by atoms with Crippen LogP contribution < -0.4 is 5.32 Å². The molecule has 0 aliphatic carbocycles. The van der Waals surface area contributed by atoms with Gasteiger partial charge in [-0.05, 0) is 13.0 Å². The summed E-state index contributed by atoms with van der Waals surface area (Å²) in [6, 6.07) is 0.380. The van der Waals surface area contributed by atoms with Crippen LogP contribution in [0.15, 0.2) is 0 Å². The van der Waals surface area contributed by atoms with E-state index in [-0.39, 0.29) is 6.09 Å². The molecule has 0 aromatic rings. The van der Waals surface area contributed by atoms with Crippen LogP contribution >= 0.6 is 0 Å². The molecular weight excluding hydrogens is 144 g/mol. The summed E-state index contributed by atoms with van der Waals surface area (Å²) >= 11 is 0. The van der Waals surface area contributed by atoms with Crippen LogP contribution in [0.5, 0.6) is 0 Å². The van der Waals surface area contributed by atoms with E-state index in [9.17, 15) is 4.79 Å². The number of hydrogen-bond acceptors (Lipinski definition) is 3. The maximum absolute atomic E-state index is 11.0. The highest BCUT2D eigenvalue weighted by molar-refractivity contribution is 5.69. The molecule has 1 amide bonds. The van der Waals surface area contributed by atoms with E-state index in [1.54, 1.807) is 0 Å². The zero-order chi connectivity index (χ0) is 7.68. The van der Waals surface area contributed by atoms with Gasteiger partial charge in [0.05, 0.1) is 6.54 Å². The molecule has 0 aromatic heterocycles. The van der Waals surface area contributed by atoms with Gasteiger partial charge in [-0.1, -0.05) is 0 Å². The Morgan fingerprint density at radius 3 is 3.09 bits per heavy atom. The quantitative estimate of drug-likeness (QED) is 0.571. The first kappa shape index (κ1) is 6.91. The summed E-state index contributed by atoms with van der Waals surface area (Å²) in [4.78, 5) is 12.9. The summed E-state index contributed by atoms with van der Waals surface area (Å²) in [7, 11) is 0. The molecule has 1 atom stereocenters. The van der Waals surface area contributed by atoms with Gasteiger partial charge in [0.15, 0.2) is 0 Å². The maximum atomic E-state index is 11.0. The summed E-state index contributed by atoms with van der Waals surface area (Å²) in [5.41, 5.74) is 0. The van der Waals surface area contributed by atoms with Gasteiger partial charge in [-0.15, -0.1) is 0 Å². The lowest BCUT2D eigenvalue weighted by molar-refractivity contribution is 0.150. The third-order valence-electron chi connectivity index (χ3n) is 2.27. The Morgan fingerprint density at radius 1 is 1.64 bits per heavy atom. The van der Waals surface area contributed by atoms with Crippen molar-refractivity contribution in [1.82, 2.24) is 10.2 Å². The second kappa shape index (κ2) is 2.70. The molecule has 2 rings (SSSR count). The predicted molar refractivity (Wildman–Crippen MR) is 39.3 cm³/mol. The van der Waals surface area contributed by atoms with Gasteiger partial charge >= 0.3 is 6.09 Å². The monoisotopic (exact) mass is 156 g/mol. The molecule has 4 nitrogen and oxygen atoms in total. The fraction of sp³-hybridized carbons (Fsp3) is 0.857. The summed E-state index contributed by atoms with van der Waals surface area (Å²) in [6.45, 7) is 3.28. The van der Waals surface area contributed by atoms with E-state index in [2.05, 4.69) is 5.32 Å². The number of carbonyl (C=O) groups is 1. The number of ether oxygens (including phenoxy) is 1. The van der Waals surface area contributed by atoms with Crippen LogP contribution in [0.3, 0.4) is 0 Å². The molecule has 2 fully saturated rings. The van der Waals surface area contributed by atoms with Crippen molar-refractivity contribution >= 4 is 6.09 Å². The van der Waals surface area contributed by atoms with Crippen LogP contribution in [-0.4, -0.2) is 43.3 Å². The molecule has 0 spiro atoms. The van der Waals surface area contributed by atoms with Crippen molar-refractivity contribution in [2.75, 3.05) is 26.2 Å². The molecule has 62 valence electrons. The van der Waals surface area contributed by atoms with Crippen LogP contribution in [0.4, 0.5) is 4.79 Å². The van der Waals surface area contributed by atoms with Gasteiger partial charge in [0.2, 0.25) is 0 Å². The molecule has 0 bridgehead atoms. The van der Waals surface area contributed by atoms with Gasteiger partial charge in [-0.3, -0.25) is 0 Å². The van der Waals surface area contributed by atoms with Gasteiger partial charge in [0.1, 0.15) is 6.61 Å². The largest absolute Gasteiger partial charge is 0.448 e. The number of hydrogen-bond donors (Lipinski definition) is 1. The lowest BCUT2D eigenvalue weighted by Gasteiger charge is -2.19. The smallest absolute Gasteiger partial charge is 0.410 e. The number of cyclic esters (lactones) is 1. The minimum atomic E-state index is -0.140. The molecule has 0 saturated carbocycles. The SMILES string of the molecule is O=C1OCCN1[C@H]1CCNC1. The molecule has 2 heterocycles. The predicted octanol–water partition coefficient (Wildman–Crippen LogP) is -0.200. The van der Waals surface area contributed by atoms with Crippen LogP contribution in [0.2, 0.25) is 0 Å². The van der Waals surface area contributed by atoms with E-state index < -0.39 is 0 Å². The number of carbonyl (C=O) groups excluding carboxylic acids is 1. The van der Waals surface area contributed by atoms with E-state index in [1.165, 1.54) is 0 Å². The van der Waals surface area contributed by atoms with Crippen LogP contribution in [0.1, 0.15) is 6.42 Å². The second-order valence-corrected chi connectivity index (χ2v) is 2.95. The normalized spacial score (nSPS) is 31.1. The Balaban J connectivity index is 1.97. The van der Waals surface area contributed by atoms with Crippen molar-refractivity contribution in [1.29, 1.82) is 0 Å². The third kappa shape index (κ3) is 1.18. The summed E-state index contributed by atoms with van der Waals surface area (Å²) in [5.74, 6) is 0. The van der Waals surface area contributed by atoms with Crippen molar-refractivity contribution in [3.8, 4) is 0 Å². The van der Waals surface area contributed by atoms with Crippen molar-refractivity contribution in [2.24, 2.45) is 0 Å². The number of rotatable bonds is 1. The molecule has 0 unspecified atom stereocenters. The molecule has 1 N–H and O–H groups in total. The molecule has 11 heavy (non-hydrogen) atoms. The van der Waals surface area contributed by atoms with Gasteiger partial charge in [-0.25, -0.2) is 4.79 Å². The Kier molecular flexibility index (Phi) is 1.69. The Bertz CT molecular complexity index is 166.